The summed E-state index contributed by atoms with van der Waals surface area (Å²) in [6, 6.07) is 6.83. The molecule has 3 rings (SSSR count). The smallest absolute Gasteiger partial charge is 0.337 e. The van der Waals surface area contributed by atoms with Crippen molar-refractivity contribution in [2.45, 2.75) is 12.8 Å². The standard InChI is InChI=1S/C21H25N3O4S2/c1-22-10-12-23(13-11-22)18(25)4-3-9-24-19(26)17(30-21(24)29)14-15-5-7-16(8-6-15)20(27)28-2/h5-8,14H,3-4,9-13H2,1-2H3/b17-14+. The van der Waals surface area contributed by atoms with Crippen molar-refractivity contribution >= 4 is 52.2 Å². The highest BCUT2D eigenvalue weighted by molar-refractivity contribution is 8.26. The minimum Gasteiger partial charge on any atom is -0.465 e. The van der Waals surface area contributed by atoms with Gasteiger partial charge in [-0.1, -0.05) is 36.1 Å². The predicted octanol–water partition coefficient (Wildman–Crippen LogP) is 2.23. The number of thiocarbonyl (C=S) groups is 1. The minimum atomic E-state index is -0.404. The molecule has 0 saturated carbocycles. The van der Waals surface area contributed by atoms with Gasteiger partial charge in [0.05, 0.1) is 17.6 Å². The van der Waals surface area contributed by atoms with Crippen LogP contribution in [0.25, 0.3) is 6.08 Å². The van der Waals surface area contributed by atoms with E-state index in [-0.39, 0.29) is 11.8 Å². The van der Waals surface area contributed by atoms with Crippen LogP contribution in [0.1, 0.15) is 28.8 Å². The number of benzene rings is 1. The molecular weight excluding hydrogens is 422 g/mol. The third kappa shape index (κ3) is 5.47. The van der Waals surface area contributed by atoms with Crippen molar-refractivity contribution in [1.82, 2.24) is 14.7 Å². The van der Waals surface area contributed by atoms with Gasteiger partial charge in [-0.2, -0.15) is 0 Å². The summed E-state index contributed by atoms with van der Waals surface area (Å²) in [5.41, 5.74) is 1.25. The summed E-state index contributed by atoms with van der Waals surface area (Å²) >= 11 is 6.62. The largest absolute Gasteiger partial charge is 0.465 e. The number of hydrogen-bond acceptors (Lipinski definition) is 7. The molecule has 0 atom stereocenters. The number of carbonyl (C=O) groups excluding carboxylic acids is 3. The molecule has 1 aromatic rings. The maximum Gasteiger partial charge on any atom is 0.337 e. The highest BCUT2D eigenvalue weighted by atomic mass is 32.2. The summed E-state index contributed by atoms with van der Waals surface area (Å²) in [6.07, 6.45) is 2.75. The zero-order valence-corrected chi connectivity index (χ0v) is 18.8. The maximum absolute atomic E-state index is 12.7. The lowest BCUT2D eigenvalue weighted by Gasteiger charge is -2.32. The Morgan fingerprint density at radius 2 is 1.83 bits per heavy atom. The number of rotatable bonds is 6. The molecule has 2 saturated heterocycles. The first kappa shape index (κ1) is 22.5. The molecule has 0 radical (unpaired) electrons. The molecule has 7 nitrogen and oxygen atoms in total. The molecular formula is C21H25N3O4S2. The van der Waals surface area contributed by atoms with Crippen LogP contribution >= 0.6 is 24.0 Å². The van der Waals surface area contributed by atoms with Crippen LogP contribution in [0.4, 0.5) is 0 Å². The van der Waals surface area contributed by atoms with Gasteiger partial charge in [-0.05, 0) is 37.2 Å². The first-order valence-corrected chi connectivity index (χ1v) is 11.0. The van der Waals surface area contributed by atoms with E-state index in [0.717, 1.165) is 31.7 Å². The van der Waals surface area contributed by atoms with Crippen molar-refractivity contribution in [3.05, 3.63) is 40.3 Å². The van der Waals surface area contributed by atoms with Gasteiger partial charge in [-0.15, -0.1) is 0 Å². The summed E-state index contributed by atoms with van der Waals surface area (Å²) in [6.45, 7) is 3.74. The molecule has 0 N–H and O–H groups in total. The molecule has 2 heterocycles. The van der Waals surface area contributed by atoms with Gasteiger partial charge < -0.3 is 14.5 Å². The van der Waals surface area contributed by atoms with Crippen LogP contribution in [-0.4, -0.2) is 83.7 Å². The van der Waals surface area contributed by atoms with Crippen LogP contribution in [0.3, 0.4) is 0 Å². The third-order valence-corrected chi connectivity index (χ3v) is 6.51. The van der Waals surface area contributed by atoms with Crippen molar-refractivity contribution < 1.29 is 19.1 Å². The quantitative estimate of drug-likeness (QED) is 0.376. The number of likely N-dealkylation sites (N-methyl/N-ethyl adjacent to an activating group) is 1. The van der Waals surface area contributed by atoms with E-state index < -0.39 is 5.97 Å². The van der Waals surface area contributed by atoms with Crippen LogP contribution < -0.4 is 0 Å². The zero-order chi connectivity index (χ0) is 21.7. The Bertz CT molecular complexity index is 862. The number of carbonyl (C=O) groups is 3. The van der Waals surface area contributed by atoms with Gasteiger partial charge in [-0.3, -0.25) is 14.5 Å². The first-order valence-electron chi connectivity index (χ1n) is 9.79. The monoisotopic (exact) mass is 447 g/mol. The van der Waals surface area contributed by atoms with Gasteiger partial charge in [0.2, 0.25) is 5.91 Å². The lowest BCUT2D eigenvalue weighted by Crippen LogP contribution is -2.47. The summed E-state index contributed by atoms with van der Waals surface area (Å²) < 4.78 is 5.19. The number of esters is 1. The molecule has 2 amide bonds. The molecule has 0 aromatic heterocycles. The van der Waals surface area contributed by atoms with E-state index in [4.69, 9.17) is 12.2 Å². The van der Waals surface area contributed by atoms with Crippen molar-refractivity contribution in [2.75, 3.05) is 46.9 Å². The van der Waals surface area contributed by atoms with Crippen LogP contribution in [-0.2, 0) is 14.3 Å². The molecule has 2 fully saturated rings. The van der Waals surface area contributed by atoms with Crippen LogP contribution in [0.2, 0.25) is 0 Å². The van der Waals surface area contributed by atoms with Gasteiger partial charge in [0, 0.05) is 39.1 Å². The highest BCUT2D eigenvalue weighted by Crippen LogP contribution is 2.32. The Kier molecular flexibility index (Phi) is 7.63. The average Bonchev–Trinajstić information content (AvgIpc) is 3.01. The number of methoxy groups -OCH3 is 1. The highest BCUT2D eigenvalue weighted by Gasteiger charge is 2.31. The lowest BCUT2D eigenvalue weighted by molar-refractivity contribution is -0.133. The fourth-order valence-electron chi connectivity index (χ4n) is 3.28. The van der Waals surface area contributed by atoms with Crippen molar-refractivity contribution in [3.8, 4) is 0 Å². The molecule has 1 aromatic carbocycles. The summed E-state index contributed by atoms with van der Waals surface area (Å²) in [5, 5.41) is 0. The van der Waals surface area contributed by atoms with Crippen LogP contribution in [0.15, 0.2) is 29.2 Å². The molecule has 2 aliphatic rings. The number of ether oxygens (including phenoxy) is 1. The Morgan fingerprint density at radius 3 is 2.47 bits per heavy atom. The van der Waals surface area contributed by atoms with Crippen molar-refractivity contribution in [3.63, 3.8) is 0 Å². The van der Waals surface area contributed by atoms with E-state index in [9.17, 15) is 14.4 Å². The predicted molar refractivity (Wildman–Crippen MR) is 121 cm³/mol. The normalized spacial score (nSPS) is 18.9. The maximum atomic E-state index is 12.7. The topological polar surface area (TPSA) is 70.2 Å². The second kappa shape index (κ2) is 10.2. The van der Waals surface area contributed by atoms with Crippen molar-refractivity contribution in [1.29, 1.82) is 0 Å². The second-order valence-corrected chi connectivity index (χ2v) is 8.91. The molecule has 0 bridgehead atoms. The van der Waals surface area contributed by atoms with E-state index in [0.29, 0.717) is 34.2 Å². The average molecular weight is 448 g/mol. The molecule has 30 heavy (non-hydrogen) atoms. The Morgan fingerprint density at radius 1 is 1.17 bits per heavy atom. The molecule has 0 unspecified atom stereocenters. The molecule has 0 aliphatic carbocycles. The molecule has 2 aliphatic heterocycles. The SMILES string of the molecule is COC(=O)c1ccc(/C=C2/SC(=S)N(CCCC(=O)N3CCN(C)CC3)C2=O)cc1. The lowest BCUT2D eigenvalue weighted by atomic mass is 10.1. The van der Waals surface area contributed by atoms with Crippen LogP contribution in [0, 0.1) is 0 Å². The Balaban J connectivity index is 1.53. The Labute approximate surface area is 186 Å². The van der Waals surface area contributed by atoms with Gasteiger partial charge >= 0.3 is 5.97 Å². The van der Waals surface area contributed by atoms with Gasteiger partial charge in [0.25, 0.3) is 5.91 Å². The van der Waals surface area contributed by atoms with E-state index in [1.165, 1.54) is 18.9 Å². The fourth-order valence-corrected chi connectivity index (χ4v) is 4.59. The van der Waals surface area contributed by atoms with E-state index >= 15 is 0 Å². The van der Waals surface area contributed by atoms with E-state index in [1.54, 1.807) is 35.2 Å². The first-order chi connectivity index (χ1) is 14.4. The second-order valence-electron chi connectivity index (χ2n) is 7.23. The zero-order valence-electron chi connectivity index (χ0n) is 17.1. The number of thioether (sulfide) groups is 1. The summed E-state index contributed by atoms with van der Waals surface area (Å²) in [7, 11) is 3.39. The number of amides is 2. The van der Waals surface area contributed by atoms with Gasteiger partial charge in [0.15, 0.2) is 0 Å². The summed E-state index contributed by atoms with van der Waals surface area (Å²) in [4.78, 5) is 42.8. The fraction of sp³-hybridized carbons (Fsp3) is 0.429. The van der Waals surface area contributed by atoms with E-state index in [2.05, 4.69) is 16.7 Å². The number of piperazine rings is 1. The number of nitrogens with zero attached hydrogens (tertiary/aromatic N) is 3. The van der Waals surface area contributed by atoms with Crippen LogP contribution in [0.5, 0.6) is 0 Å². The summed E-state index contributed by atoms with van der Waals surface area (Å²) in [5.74, 6) is -0.414. The third-order valence-electron chi connectivity index (χ3n) is 5.13. The molecule has 0 spiro atoms. The molecule has 9 heteroatoms. The Hall–Kier alpha value is -2.23. The van der Waals surface area contributed by atoms with Gasteiger partial charge in [0.1, 0.15) is 4.32 Å². The van der Waals surface area contributed by atoms with Gasteiger partial charge in [-0.25, -0.2) is 4.79 Å². The number of hydrogen-bond donors (Lipinski definition) is 0. The minimum absolute atomic E-state index is 0.134. The van der Waals surface area contributed by atoms with Crippen molar-refractivity contribution in [2.24, 2.45) is 0 Å². The van der Waals surface area contributed by atoms with E-state index in [1.807, 2.05) is 4.90 Å². The molecule has 160 valence electrons.